The Labute approximate surface area is 104 Å². The molecule has 1 saturated carbocycles. The lowest BCUT2D eigenvalue weighted by Gasteiger charge is -2.29. The summed E-state index contributed by atoms with van der Waals surface area (Å²) in [5.74, 6) is 1.92. The van der Waals surface area contributed by atoms with Crippen LogP contribution in [0.15, 0.2) is 12.4 Å². The van der Waals surface area contributed by atoms with Gasteiger partial charge in [0.2, 0.25) is 0 Å². The van der Waals surface area contributed by atoms with Crippen LogP contribution in [0.25, 0.3) is 0 Å². The van der Waals surface area contributed by atoms with Gasteiger partial charge in [0.1, 0.15) is 5.82 Å². The third kappa shape index (κ3) is 3.42. The molecule has 17 heavy (non-hydrogen) atoms. The summed E-state index contributed by atoms with van der Waals surface area (Å²) in [6, 6.07) is 0.596. The molecule has 0 spiro atoms. The number of anilines is 1. The average molecular weight is 233 g/mol. The minimum Gasteiger partial charge on any atom is -0.366 e. The molecule has 0 saturated heterocycles. The van der Waals surface area contributed by atoms with E-state index in [0.717, 1.165) is 17.4 Å². The molecular weight excluding hydrogens is 210 g/mol. The summed E-state index contributed by atoms with van der Waals surface area (Å²) in [4.78, 5) is 8.62. The van der Waals surface area contributed by atoms with Crippen molar-refractivity contribution in [3.63, 3.8) is 0 Å². The van der Waals surface area contributed by atoms with Crippen molar-refractivity contribution in [2.24, 2.45) is 5.92 Å². The van der Waals surface area contributed by atoms with Crippen molar-refractivity contribution in [1.29, 1.82) is 0 Å². The summed E-state index contributed by atoms with van der Waals surface area (Å²) in [6.07, 6.45) is 11.5. The van der Waals surface area contributed by atoms with Gasteiger partial charge in [0, 0.05) is 18.4 Å². The van der Waals surface area contributed by atoms with Crippen molar-refractivity contribution < 1.29 is 0 Å². The lowest BCUT2D eigenvalue weighted by Crippen LogP contribution is -2.27. The lowest BCUT2D eigenvalue weighted by molar-refractivity contribution is 0.318. The highest BCUT2D eigenvalue weighted by Crippen LogP contribution is 2.29. The second-order valence-electron chi connectivity index (χ2n) is 5.14. The molecular formula is C14H23N3. The monoisotopic (exact) mass is 233 g/mol. The SMILES string of the molecule is CCCC1CCC(Nc2nccnc2C)CC1. The molecule has 0 radical (unpaired) electrons. The van der Waals surface area contributed by atoms with Gasteiger partial charge < -0.3 is 5.32 Å². The molecule has 0 atom stereocenters. The maximum atomic E-state index is 4.35. The highest BCUT2D eigenvalue weighted by molar-refractivity contribution is 5.39. The number of hydrogen-bond acceptors (Lipinski definition) is 3. The van der Waals surface area contributed by atoms with E-state index in [-0.39, 0.29) is 0 Å². The van der Waals surface area contributed by atoms with Crippen LogP contribution in [0.2, 0.25) is 0 Å². The Kier molecular flexibility index (Phi) is 4.35. The Morgan fingerprint density at radius 3 is 2.53 bits per heavy atom. The van der Waals surface area contributed by atoms with Crippen LogP contribution in [-0.2, 0) is 0 Å². The summed E-state index contributed by atoms with van der Waals surface area (Å²) in [6.45, 7) is 4.30. The summed E-state index contributed by atoms with van der Waals surface area (Å²) < 4.78 is 0. The fourth-order valence-electron chi connectivity index (χ4n) is 2.75. The van der Waals surface area contributed by atoms with Crippen molar-refractivity contribution in [2.75, 3.05) is 5.32 Å². The Morgan fingerprint density at radius 2 is 1.88 bits per heavy atom. The maximum absolute atomic E-state index is 4.35. The van der Waals surface area contributed by atoms with Crippen molar-refractivity contribution in [2.45, 2.75) is 58.4 Å². The molecule has 1 aliphatic rings. The first-order valence-electron chi connectivity index (χ1n) is 6.83. The molecule has 0 unspecified atom stereocenters. The Morgan fingerprint density at radius 1 is 1.18 bits per heavy atom. The largest absolute Gasteiger partial charge is 0.366 e. The number of nitrogens with one attached hydrogen (secondary N) is 1. The quantitative estimate of drug-likeness (QED) is 0.864. The molecule has 1 N–H and O–H groups in total. The highest BCUT2D eigenvalue weighted by Gasteiger charge is 2.20. The molecule has 1 heterocycles. The van der Waals surface area contributed by atoms with Crippen molar-refractivity contribution in [3.05, 3.63) is 18.1 Å². The van der Waals surface area contributed by atoms with Gasteiger partial charge >= 0.3 is 0 Å². The van der Waals surface area contributed by atoms with E-state index in [1.54, 1.807) is 12.4 Å². The first-order valence-corrected chi connectivity index (χ1v) is 6.83. The van der Waals surface area contributed by atoms with E-state index in [4.69, 9.17) is 0 Å². The number of aromatic nitrogens is 2. The van der Waals surface area contributed by atoms with Gasteiger partial charge in [-0.25, -0.2) is 4.98 Å². The van der Waals surface area contributed by atoms with Crippen LogP contribution < -0.4 is 5.32 Å². The van der Waals surface area contributed by atoms with Crippen LogP contribution in [0.4, 0.5) is 5.82 Å². The number of hydrogen-bond donors (Lipinski definition) is 1. The van der Waals surface area contributed by atoms with Gasteiger partial charge in [-0.15, -0.1) is 0 Å². The number of rotatable bonds is 4. The standard InChI is InChI=1S/C14H23N3/c1-3-4-12-5-7-13(8-6-12)17-14-11(2)15-9-10-16-14/h9-10,12-13H,3-8H2,1-2H3,(H,16,17). The topological polar surface area (TPSA) is 37.8 Å². The molecule has 0 aliphatic heterocycles. The molecule has 1 aromatic rings. The molecule has 1 aliphatic carbocycles. The third-order valence-corrected chi connectivity index (χ3v) is 3.77. The van der Waals surface area contributed by atoms with Gasteiger partial charge in [-0.2, -0.15) is 0 Å². The minimum absolute atomic E-state index is 0.596. The fraction of sp³-hybridized carbons (Fsp3) is 0.714. The molecule has 3 nitrogen and oxygen atoms in total. The van der Waals surface area contributed by atoms with Crippen molar-refractivity contribution in [3.8, 4) is 0 Å². The number of nitrogens with zero attached hydrogens (tertiary/aromatic N) is 2. The third-order valence-electron chi connectivity index (χ3n) is 3.77. The summed E-state index contributed by atoms with van der Waals surface area (Å²) in [5, 5.41) is 3.54. The molecule has 0 bridgehead atoms. The van der Waals surface area contributed by atoms with Crippen LogP contribution in [0.5, 0.6) is 0 Å². The van der Waals surface area contributed by atoms with E-state index < -0.39 is 0 Å². The number of aryl methyl sites for hydroxylation is 1. The van der Waals surface area contributed by atoms with Gasteiger partial charge in [0.05, 0.1) is 5.69 Å². The van der Waals surface area contributed by atoms with Gasteiger partial charge in [-0.3, -0.25) is 4.98 Å². The molecule has 1 fully saturated rings. The van der Waals surface area contributed by atoms with Gasteiger partial charge in [-0.05, 0) is 38.5 Å². The predicted octanol–water partition coefficient (Wildman–Crippen LogP) is 3.56. The zero-order valence-electron chi connectivity index (χ0n) is 10.9. The summed E-state index contributed by atoms with van der Waals surface area (Å²) in [7, 11) is 0. The van der Waals surface area contributed by atoms with E-state index in [0.29, 0.717) is 6.04 Å². The van der Waals surface area contributed by atoms with E-state index in [2.05, 4.69) is 22.2 Å². The molecule has 0 amide bonds. The van der Waals surface area contributed by atoms with E-state index >= 15 is 0 Å². The minimum atomic E-state index is 0.596. The molecule has 2 rings (SSSR count). The maximum Gasteiger partial charge on any atom is 0.147 e. The molecule has 94 valence electrons. The van der Waals surface area contributed by atoms with Crippen LogP contribution in [0.1, 0.15) is 51.1 Å². The fourth-order valence-corrected chi connectivity index (χ4v) is 2.75. The van der Waals surface area contributed by atoms with Crippen molar-refractivity contribution in [1.82, 2.24) is 9.97 Å². The second kappa shape index (κ2) is 5.99. The average Bonchev–Trinajstić information content (AvgIpc) is 2.35. The lowest BCUT2D eigenvalue weighted by atomic mass is 9.83. The van der Waals surface area contributed by atoms with Crippen LogP contribution in [0, 0.1) is 12.8 Å². The van der Waals surface area contributed by atoms with E-state index in [1.165, 1.54) is 38.5 Å². The van der Waals surface area contributed by atoms with Crippen LogP contribution in [-0.4, -0.2) is 16.0 Å². The molecule has 0 aromatic carbocycles. The normalized spacial score (nSPS) is 24.6. The van der Waals surface area contributed by atoms with Gasteiger partial charge in [-0.1, -0.05) is 19.8 Å². The second-order valence-corrected chi connectivity index (χ2v) is 5.14. The first kappa shape index (κ1) is 12.3. The Bertz CT molecular complexity index is 343. The van der Waals surface area contributed by atoms with Crippen LogP contribution in [0.3, 0.4) is 0 Å². The summed E-state index contributed by atoms with van der Waals surface area (Å²) in [5.41, 5.74) is 1.00. The van der Waals surface area contributed by atoms with Crippen LogP contribution >= 0.6 is 0 Å². The predicted molar refractivity (Wildman–Crippen MR) is 71.0 cm³/mol. The van der Waals surface area contributed by atoms with Crippen molar-refractivity contribution >= 4 is 5.82 Å². The Balaban J connectivity index is 1.84. The first-order chi connectivity index (χ1) is 8.29. The van der Waals surface area contributed by atoms with E-state index in [1.807, 2.05) is 6.92 Å². The van der Waals surface area contributed by atoms with E-state index in [9.17, 15) is 0 Å². The highest BCUT2D eigenvalue weighted by atomic mass is 15.0. The zero-order valence-corrected chi connectivity index (χ0v) is 10.9. The molecule has 1 aromatic heterocycles. The van der Waals surface area contributed by atoms with Gasteiger partial charge in [0.25, 0.3) is 0 Å². The zero-order chi connectivity index (χ0) is 12.1. The molecule has 3 heteroatoms. The Hall–Kier alpha value is -1.12. The summed E-state index contributed by atoms with van der Waals surface area (Å²) >= 11 is 0. The smallest absolute Gasteiger partial charge is 0.147 e. The van der Waals surface area contributed by atoms with Gasteiger partial charge in [0.15, 0.2) is 0 Å².